The van der Waals surface area contributed by atoms with Crippen molar-refractivity contribution in [2.24, 2.45) is 29.2 Å². The number of primary amides is 1. The zero-order valence-electron chi connectivity index (χ0n) is 20.5. The third-order valence-electron chi connectivity index (χ3n) is 5.21. The molecule has 190 valence electrons. The summed E-state index contributed by atoms with van der Waals surface area (Å²) in [5.74, 6) is -4.04. The average Bonchev–Trinajstić information content (AvgIpc) is 2.68. The van der Waals surface area contributed by atoms with Crippen molar-refractivity contribution < 1.29 is 29.1 Å². The summed E-state index contributed by atoms with van der Waals surface area (Å²) < 4.78 is 0. The number of carbonyl (C=O) groups is 5. The maximum atomic E-state index is 13.0. The molecule has 0 aromatic rings. The topological polar surface area (TPSA) is 194 Å². The van der Waals surface area contributed by atoms with E-state index in [9.17, 15) is 29.1 Å². The summed E-state index contributed by atoms with van der Waals surface area (Å²) in [6.45, 7) is 11.0. The SMILES string of the molecule is CCC(C)C(NC(=O)C(CC(C)C)NC(=O)C(N)CC(N)=O)C(=O)NC(CC(C)C)C(=O)O. The number of hydrogen-bond donors (Lipinski definition) is 6. The van der Waals surface area contributed by atoms with Crippen molar-refractivity contribution in [1.29, 1.82) is 0 Å². The zero-order valence-corrected chi connectivity index (χ0v) is 20.5. The molecule has 0 spiro atoms. The highest BCUT2D eigenvalue weighted by molar-refractivity contribution is 5.95. The number of carbonyl (C=O) groups excluding carboxylic acids is 4. The van der Waals surface area contributed by atoms with E-state index in [2.05, 4.69) is 16.0 Å². The zero-order chi connectivity index (χ0) is 25.9. The lowest BCUT2D eigenvalue weighted by Gasteiger charge is -2.29. The minimum atomic E-state index is -1.20. The van der Waals surface area contributed by atoms with E-state index < -0.39 is 53.8 Å². The molecule has 0 rings (SSSR count). The number of nitrogens with one attached hydrogen (secondary N) is 3. The molecule has 0 saturated heterocycles. The molecule has 5 unspecified atom stereocenters. The van der Waals surface area contributed by atoms with Crippen molar-refractivity contribution in [3.63, 3.8) is 0 Å². The summed E-state index contributed by atoms with van der Waals surface area (Å²) in [7, 11) is 0. The van der Waals surface area contributed by atoms with Crippen LogP contribution in [0.4, 0.5) is 0 Å². The van der Waals surface area contributed by atoms with Crippen molar-refractivity contribution in [1.82, 2.24) is 16.0 Å². The van der Waals surface area contributed by atoms with Crippen LogP contribution >= 0.6 is 0 Å². The Hall–Kier alpha value is -2.69. The molecule has 5 atom stereocenters. The summed E-state index contributed by atoms with van der Waals surface area (Å²) in [4.78, 5) is 60.9. The van der Waals surface area contributed by atoms with Crippen LogP contribution in [-0.2, 0) is 24.0 Å². The summed E-state index contributed by atoms with van der Waals surface area (Å²) in [6, 6.07) is -4.28. The van der Waals surface area contributed by atoms with Gasteiger partial charge in [0.15, 0.2) is 0 Å². The van der Waals surface area contributed by atoms with E-state index in [1.165, 1.54) is 0 Å². The first-order chi connectivity index (χ1) is 15.2. The van der Waals surface area contributed by atoms with Gasteiger partial charge in [0.1, 0.15) is 18.1 Å². The summed E-state index contributed by atoms with van der Waals surface area (Å²) in [5, 5.41) is 17.1. The van der Waals surface area contributed by atoms with Crippen LogP contribution in [0.5, 0.6) is 0 Å². The van der Waals surface area contributed by atoms with Gasteiger partial charge < -0.3 is 32.5 Å². The number of nitrogens with two attached hydrogens (primary N) is 2. The first-order valence-electron chi connectivity index (χ1n) is 11.4. The van der Waals surface area contributed by atoms with Crippen LogP contribution in [0.1, 0.15) is 67.2 Å². The van der Waals surface area contributed by atoms with Crippen LogP contribution in [0.25, 0.3) is 0 Å². The van der Waals surface area contributed by atoms with E-state index in [0.717, 1.165) is 0 Å². The molecular formula is C22H41N5O6. The van der Waals surface area contributed by atoms with Gasteiger partial charge in [-0.25, -0.2) is 4.79 Å². The van der Waals surface area contributed by atoms with Gasteiger partial charge in [-0.05, 0) is 30.6 Å². The fraction of sp³-hybridized carbons (Fsp3) is 0.773. The second kappa shape index (κ2) is 14.5. The van der Waals surface area contributed by atoms with E-state index >= 15 is 0 Å². The van der Waals surface area contributed by atoms with E-state index in [4.69, 9.17) is 11.5 Å². The standard InChI is InChI=1S/C22H41N5O6/c1-7-13(6)18(21(31)26-16(22(32)33)9-12(4)5)27-20(30)15(8-11(2)3)25-19(29)14(23)10-17(24)28/h11-16,18H,7-10,23H2,1-6H3,(H2,24,28)(H,25,29)(H,26,31)(H,27,30)(H,32,33). The molecule has 0 aromatic carbocycles. The van der Waals surface area contributed by atoms with Gasteiger partial charge in [-0.15, -0.1) is 0 Å². The molecule has 0 saturated carbocycles. The molecule has 0 aliphatic carbocycles. The third kappa shape index (κ3) is 11.7. The van der Waals surface area contributed by atoms with Gasteiger partial charge >= 0.3 is 5.97 Å². The lowest BCUT2D eigenvalue weighted by molar-refractivity contribution is -0.143. The Morgan fingerprint density at radius 1 is 0.788 bits per heavy atom. The number of amides is 4. The van der Waals surface area contributed by atoms with Gasteiger partial charge in [0.25, 0.3) is 0 Å². The van der Waals surface area contributed by atoms with Crippen LogP contribution in [0, 0.1) is 17.8 Å². The first-order valence-corrected chi connectivity index (χ1v) is 11.4. The molecule has 11 heteroatoms. The molecule has 11 nitrogen and oxygen atoms in total. The Morgan fingerprint density at radius 2 is 1.27 bits per heavy atom. The minimum Gasteiger partial charge on any atom is -0.480 e. The largest absolute Gasteiger partial charge is 0.480 e. The van der Waals surface area contributed by atoms with Crippen molar-refractivity contribution >= 4 is 29.6 Å². The Labute approximate surface area is 195 Å². The highest BCUT2D eigenvalue weighted by atomic mass is 16.4. The van der Waals surface area contributed by atoms with E-state index in [0.29, 0.717) is 6.42 Å². The van der Waals surface area contributed by atoms with E-state index in [1.54, 1.807) is 6.92 Å². The molecule has 0 bridgehead atoms. The average molecular weight is 472 g/mol. The first kappa shape index (κ1) is 30.3. The minimum absolute atomic E-state index is 0.0201. The highest BCUT2D eigenvalue weighted by Gasteiger charge is 2.33. The Kier molecular flexibility index (Phi) is 13.3. The quantitative estimate of drug-likeness (QED) is 0.191. The molecule has 0 aliphatic rings. The number of carboxylic acids is 1. The fourth-order valence-corrected chi connectivity index (χ4v) is 3.20. The predicted molar refractivity (Wildman–Crippen MR) is 124 cm³/mol. The Balaban J connectivity index is 5.57. The Bertz CT molecular complexity index is 697. The normalized spacial score (nSPS) is 15.8. The van der Waals surface area contributed by atoms with Crippen LogP contribution in [0.2, 0.25) is 0 Å². The van der Waals surface area contributed by atoms with Crippen molar-refractivity contribution in [3.8, 4) is 0 Å². The number of carboxylic acid groups (broad SMARTS) is 1. The second-order valence-corrected chi connectivity index (χ2v) is 9.37. The molecule has 33 heavy (non-hydrogen) atoms. The summed E-state index contributed by atoms with van der Waals surface area (Å²) in [6.07, 6.45) is 0.685. The number of hydrogen-bond acceptors (Lipinski definition) is 6. The third-order valence-corrected chi connectivity index (χ3v) is 5.21. The Morgan fingerprint density at radius 3 is 1.70 bits per heavy atom. The van der Waals surface area contributed by atoms with Crippen molar-refractivity contribution in [3.05, 3.63) is 0 Å². The van der Waals surface area contributed by atoms with Crippen LogP contribution in [0.15, 0.2) is 0 Å². The van der Waals surface area contributed by atoms with Crippen LogP contribution in [-0.4, -0.2) is 58.9 Å². The van der Waals surface area contributed by atoms with Gasteiger partial charge in [-0.1, -0.05) is 48.0 Å². The van der Waals surface area contributed by atoms with Gasteiger partial charge in [-0.3, -0.25) is 19.2 Å². The summed E-state index contributed by atoms with van der Waals surface area (Å²) >= 11 is 0. The van der Waals surface area contributed by atoms with Gasteiger partial charge in [0.2, 0.25) is 23.6 Å². The summed E-state index contributed by atoms with van der Waals surface area (Å²) in [5.41, 5.74) is 10.8. The number of rotatable bonds is 15. The molecule has 0 heterocycles. The predicted octanol–water partition coefficient (Wildman–Crippen LogP) is -0.134. The van der Waals surface area contributed by atoms with Gasteiger partial charge in [-0.2, -0.15) is 0 Å². The monoisotopic (exact) mass is 471 g/mol. The molecule has 0 aliphatic heterocycles. The molecule has 8 N–H and O–H groups in total. The smallest absolute Gasteiger partial charge is 0.326 e. The molecule has 0 radical (unpaired) electrons. The van der Waals surface area contributed by atoms with E-state index in [-0.39, 0.29) is 37.0 Å². The van der Waals surface area contributed by atoms with Crippen LogP contribution < -0.4 is 27.4 Å². The maximum absolute atomic E-state index is 13.0. The highest BCUT2D eigenvalue weighted by Crippen LogP contribution is 2.12. The second-order valence-electron chi connectivity index (χ2n) is 9.37. The molecular weight excluding hydrogens is 430 g/mol. The molecule has 4 amide bonds. The molecule has 0 aromatic heterocycles. The van der Waals surface area contributed by atoms with Crippen molar-refractivity contribution in [2.75, 3.05) is 0 Å². The van der Waals surface area contributed by atoms with Gasteiger partial charge in [0.05, 0.1) is 12.5 Å². The van der Waals surface area contributed by atoms with Crippen molar-refractivity contribution in [2.45, 2.75) is 91.4 Å². The van der Waals surface area contributed by atoms with Crippen LogP contribution in [0.3, 0.4) is 0 Å². The maximum Gasteiger partial charge on any atom is 0.326 e. The lowest BCUT2D eigenvalue weighted by atomic mass is 9.95. The van der Waals surface area contributed by atoms with E-state index in [1.807, 2.05) is 34.6 Å². The fourth-order valence-electron chi connectivity index (χ4n) is 3.20. The lowest BCUT2D eigenvalue weighted by Crippen LogP contribution is -2.59. The van der Waals surface area contributed by atoms with Gasteiger partial charge in [0, 0.05) is 0 Å². The molecule has 0 fully saturated rings. The number of aliphatic carboxylic acids is 1.